The van der Waals surface area contributed by atoms with Crippen LogP contribution in [0.1, 0.15) is 35.9 Å². The molecule has 3 aromatic rings. The van der Waals surface area contributed by atoms with Crippen LogP contribution < -0.4 is 10.6 Å². The van der Waals surface area contributed by atoms with Crippen LogP contribution in [0.5, 0.6) is 0 Å². The number of nitrogens with one attached hydrogen (secondary N) is 2. The van der Waals surface area contributed by atoms with Crippen molar-refractivity contribution in [2.24, 2.45) is 0 Å². The number of pyridine rings is 1. The molecule has 0 atom stereocenters. The Labute approximate surface area is 192 Å². The number of halogens is 2. The molecule has 0 unspecified atom stereocenters. The van der Waals surface area contributed by atoms with Gasteiger partial charge in [-0.05, 0) is 39.0 Å². The standard InChI is InChI=1S/C22H27ClFN7O/c1-13(2)31-21(9-14(3)28-31)27-20-11-19(17(23)12-25-20)26-18-8-7-15(24)10-16(18)22(32)30(6)29(4)5/h7-13H,1-6H3,(H2,25,26,27). The summed E-state index contributed by atoms with van der Waals surface area (Å²) in [5.41, 5.74) is 2.00. The normalized spacial score (nSPS) is 11.2. The third-order valence-corrected chi connectivity index (χ3v) is 5.13. The summed E-state index contributed by atoms with van der Waals surface area (Å²) < 4.78 is 15.8. The van der Waals surface area contributed by atoms with Gasteiger partial charge in [-0.15, -0.1) is 0 Å². The van der Waals surface area contributed by atoms with Gasteiger partial charge in [0.25, 0.3) is 5.91 Å². The van der Waals surface area contributed by atoms with E-state index in [0.717, 1.165) is 11.5 Å². The molecule has 8 nitrogen and oxygen atoms in total. The van der Waals surface area contributed by atoms with Gasteiger partial charge in [0.15, 0.2) is 0 Å². The van der Waals surface area contributed by atoms with Crippen LogP contribution in [-0.4, -0.2) is 51.8 Å². The first kappa shape index (κ1) is 23.5. The summed E-state index contributed by atoms with van der Waals surface area (Å²) in [6.07, 6.45) is 1.51. The molecule has 0 saturated heterocycles. The fourth-order valence-corrected chi connectivity index (χ4v) is 3.19. The fourth-order valence-electron chi connectivity index (χ4n) is 3.04. The van der Waals surface area contributed by atoms with E-state index in [0.29, 0.717) is 22.2 Å². The molecule has 0 aliphatic heterocycles. The summed E-state index contributed by atoms with van der Waals surface area (Å²) in [4.78, 5) is 17.2. The molecule has 2 heterocycles. The van der Waals surface area contributed by atoms with Gasteiger partial charge in [0.1, 0.15) is 17.5 Å². The second-order valence-corrected chi connectivity index (χ2v) is 8.28. The molecule has 1 aromatic carbocycles. The minimum absolute atomic E-state index is 0.164. The molecule has 2 N–H and O–H groups in total. The molecule has 1 amide bonds. The first-order chi connectivity index (χ1) is 15.1. The number of carbonyl (C=O) groups is 1. The highest BCUT2D eigenvalue weighted by Crippen LogP contribution is 2.31. The first-order valence-electron chi connectivity index (χ1n) is 10.1. The van der Waals surface area contributed by atoms with Gasteiger partial charge in [0, 0.05) is 39.3 Å². The van der Waals surface area contributed by atoms with Gasteiger partial charge in [-0.25, -0.2) is 19.1 Å². The van der Waals surface area contributed by atoms with Gasteiger partial charge in [-0.2, -0.15) is 5.10 Å². The van der Waals surface area contributed by atoms with E-state index in [-0.39, 0.29) is 17.5 Å². The molecule has 0 bridgehead atoms. The maximum atomic E-state index is 13.9. The van der Waals surface area contributed by atoms with E-state index in [9.17, 15) is 9.18 Å². The second-order valence-electron chi connectivity index (χ2n) is 7.87. The predicted octanol–water partition coefficient (Wildman–Crippen LogP) is 5.00. The number of aryl methyl sites for hydroxylation is 1. The Hall–Kier alpha value is -3.17. The fraction of sp³-hybridized carbons (Fsp3) is 0.318. The minimum Gasteiger partial charge on any atom is -0.353 e. The van der Waals surface area contributed by atoms with Crippen molar-refractivity contribution in [3.05, 3.63) is 58.6 Å². The average molecular weight is 460 g/mol. The van der Waals surface area contributed by atoms with Gasteiger partial charge in [0.05, 0.1) is 33.9 Å². The van der Waals surface area contributed by atoms with Crippen LogP contribution in [0.25, 0.3) is 0 Å². The van der Waals surface area contributed by atoms with Crippen molar-refractivity contribution in [2.75, 3.05) is 31.8 Å². The lowest BCUT2D eigenvalue weighted by atomic mass is 10.1. The minimum atomic E-state index is -0.508. The Bertz CT molecular complexity index is 1130. The maximum absolute atomic E-state index is 13.9. The number of hydrogen-bond acceptors (Lipinski definition) is 6. The molecule has 0 spiro atoms. The van der Waals surface area contributed by atoms with Gasteiger partial charge >= 0.3 is 0 Å². The van der Waals surface area contributed by atoms with E-state index in [1.54, 1.807) is 32.2 Å². The van der Waals surface area contributed by atoms with Gasteiger partial charge in [-0.3, -0.25) is 9.80 Å². The van der Waals surface area contributed by atoms with Crippen LogP contribution in [0.3, 0.4) is 0 Å². The molecule has 0 saturated carbocycles. The van der Waals surface area contributed by atoms with Crippen molar-refractivity contribution < 1.29 is 9.18 Å². The van der Waals surface area contributed by atoms with Crippen molar-refractivity contribution in [2.45, 2.75) is 26.8 Å². The highest BCUT2D eigenvalue weighted by atomic mass is 35.5. The molecule has 2 aromatic heterocycles. The first-order valence-corrected chi connectivity index (χ1v) is 10.4. The highest BCUT2D eigenvalue weighted by molar-refractivity contribution is 6.33. The van der Waals surface area contributed by atoms with Crippen LogP contribution in [0.15, 0.2) is 36.5 Å². The summed E-state index contributed by atoms with van der Waals surface area (Å²) in [6, 6.07) is 7.81. The number of nitrogens with zero attached hydrogens (tertiary/aromatic N) is 5. The van der Waals surface area contributed by atoms with Gasteiger partial charge < -0.3 is 10.6 Å². The molecular weight excluding hydrogens is 433 g/mol. The molecular formula is C22H27ClFN7O. The number of aromatic nitrogens is 3. The topological polar surface area (TPSA) is 78.3 Å². The summed E-state index contributed by atoms with van der Waals surface area (Å²) in [5, 5.41) is 14.2. The third-order valence-electron chi connectivity index (χ3n) is 4.83. The monoisotopic (exact) mass is 459 g/mol. The molecule has 32 heavy (non-hydrogen) atoms. The number of carbonyl (C=O) groups excluding carboxylic acids is 1. The lowest BCUT2D eigenvalue weighted by Gasteiger charge is -2.25. The SMILES string of the molecule is Cc1cc(Nc2cc(Nc3ccc(F)cc3C(=O)N(C)N(C)C)c(Cl)cn2)n(C(C)C)n1. The van der Waals surface area contributed by atoms with Crippen LogP contribution in [-0.2, 0) is 0 Å². The van der Waals surface area contributed by atoms with Crippen LogP contribution >= 0.6 is 11.6 Å². The van der Waals surface area contributed by atoms with Crippen molar-refractivity contribution >= 4 is 40.5 Å². The lowest BCUT2D eigenvalue weighted by Crippen LogP contribution is -2.38. The van der Waals surface area contributed by atoms with Crippen LogP contribution in [0.2, 0.25) is 5.02 Å². The summed E-state index contributed by atoms with van der Waals surface area (Å²) in [5.74, 6) is 0.464. The Balaban J connectivity index is 1.93. The van der Waals surface area contributed by atoms with Crippen molar-refractivity contribution in [1.29, 1.82) is 0 Å². The number of benzene rings is 1. The van der Waals surface area contributed by atoms with Crippen LogP contribution in [0.4, 0.5) is 27.4 Å². The third kappa shape index (κ3) is 5.17. The summed E-state index contributed by atoms with van der Waals surface area (Å²) in [6.45, 7) is 6.00. The van der Waals surface area contributed by atoms with E-state index in [2.05, 4.69) is 20.7 Å². The molecule has 3 rings (SSSR count). The molecule has 0 aliphatic carbocycles. The average Bonchev–Trinajstić information content (AvgIpc) is 3.10. The van der Waals surface area contributed by atoms with Crippen LogP contribution in [0, 0.1) is 12.7 Å². The molecule has 0 fully saturated rings. The number of anilines is 4. The number of amides is 1. The molecule has 170 valence electrons. The summed E-state index contributed by atoms with van der Waals surface area (Å²) >= 11 is 6.36. The Morgan fingerprint density at radius 1 is 1.12 bits per heavy atom. The number of hydrogen-bond donors (Lipinski definition) is 2. The molecule has 0 aliphatic rings. The van der Waals surface area contributed by atoms with E-state index in [1.807, 2.05) is 31.5 Å². The van der Waals surface area contributed by atoms with Crippen molar-refractivity contribution in [3.8, 4) is 0 Å². The zero-order chi connectivity index (χ0) is 23.6. The van der Waals surface area contributed by atoms with E-state index < -0.39 is 5.82 Å². The molecule has 0 radical (unpaired) electrons. The van der Waals surface area contributed by atoms with E-state index >= 15 is 0 Å². The molecule has 10 heteroatoms. The number of hydrazine groups is 1. The summed E-state index contributed by atoms with van der Waals surface area (Å²) in [7, 11) is 5.06. The zero-order valence-electron chi connectivity index (χ0n) is 18.9. The van der Waals surface area contributed by atoms with Gasteiger partial charge in [-0.1, -0.05) is 11.6 Å². The van der Waals surface area contributed by atoms with Gasteiger partial charge in [0.2, 0.25) is 0 Å². The maximum Gasteiger partial charge on any atom is 0.270 e. The Kier molecular flexibility index (Phi) is 7.00. The highest BCUT2D eigenvalue weighted by Gasteiger charge is 2.19. The second kappa shape index (κ2) is 9.54. The van der Waals surface area contributed by atoms with E-state index in [4.69, 9.17) is 11.6 Å². The van der Waals surface area contributed by atoms with Crippen molar-refractivity contribution in [3.63, 3.8) is 0 Å². The van der Waals surface area contributed by atoms with Crippen molar-refractivity contribution in [1.82, 2.24) is 24.8 Å². The Morgan fingerprint density at radius 3 is 2.50 bits per heavy atom. The predicted molar refractivity (Wildman–Crippen MR) is 125 cm³/mol. The number of rotatable bonds is 7. The Morgan fingerprint density at radius 2 is 1.84 bits per heavy atom. The smallest absolute Gasteiger partial charge is 0.270 e. The lowest BCUT2D eigenvalue weighted by molar-refractivity contribution is 0.0342. The quantitative estimate of drug-likeness (QED) is 0.484. The largest absolute Gasteiger partial charge is 0.353 e. The van der Waals surface area contributed by atoms with E-state index in [1.165, 1.54) is 29.4 Å². The zero-order valence-corrected chi connectivity index (χ0v) is 19.7.